The summed E-state index contributed by atoms with van der Waals surface area (Å²) in [5.41, 5.74) is 1.34. The van der Waals surface area contributed by atoms with E-state index in [2.05, 4.69) is 39.8 Å². The molecule has 1 aromatic heterocycles. The first kappa shape index (κ1) is 16.4. The summed E-state index contributed by atoms with van der Waals surface area (Å²) < 4.78 is 1.93. The van der Waals surface area contributed by atoms with Gasteiger partial charge in [0.1, 0.15) is 0 Å². The molecule has 7 heteroatoms. The summed E-state index contributed by atoms with van der Waals surface area (Å²) in [6.07, 6.45) is 4.62. The lowest BCUT2D eigenvalue weighted by atomic mass is 10.1. The topological polar surface area (TPSA) is 75.1 Å². The minimum atomic E-state index is -0.112. The van der Waals surface area contributed by atoms with E-state index in [1.54, 1.807) is 0 Å². The van der Waals surface area contributed by atoms with E-state index < -0.39 is 0 Å². The third kappa shape index (κ3) is 3.72. The standard InChI is InChI=1S/C16H28N6O/c1-11(21(3)13-4-5-13)10-18-16(23)15-12(2)22(20-19-15)14-6-8-17-9-7-14/h11,13-14,17H,4-10H2,1-3H3,(H,18,23). The van der Waals surface area contributed by atoms with Crippen LogP contribution in [-0.4, -0.2) is 64.6 Å². The summed E-state index contributed by atoms with van der Waals surface area (Å²) in [6.45, 7) is 6.73. The summed E-state index contributed by atoms with van der Waals surface area (Å²) >= 11 is 0. The molecule has 1 saturated carbocycles. The first-order chi connectivity index (χ1) is 11.1. The summed E-state index contributed by atoms with van der Waals surface area (Å²) in [5, 5.41) is 14.7. The van der Waals surface area contributed by atoms with Crippen molar-refractivity contribution in [2.75, 3.05) is 26.7 Å². The molecular formula is C16H28N6O. The molecule has 1 aromatic rings. The van der Waals surface area contributed by atoms with E-state index in [4.69, 9.17) is 0 Å². The average Bonchev–Trinajstić information content (AvgIpc) is 3.35. The molecule has 1 aliphatic heterocycles. The average molecular weight is 320 g/mol. The highest BCUT2D eigenvalue weighted by Gasteiger charge is 2.29. The van der Waals surface area contributed by atoms with Crippen LogP contribution in [0.15, 0.2) is 0 Å². The quantitative estimate of drug-likeness (QED) is 0.808. The van der Waals surface area contributed by atoms with Gasteiger partial charge in [0.2, 0.25) is 0 Å². The molecule has 0 spiro atoms. The smallest absolute Gasteiger partial charge is 0.273 e. The largest absolute Gasteiger partial charge is 0.349 e. The fourth-order valence-electron chi connectivity index (χ4n) is 3.26. The molecule has 0 bridgehead atoms. The molecule has 128 valence electrons. The third-order valence-corrected chi connectivity index (χ3v) is 5.17. The van der Waals surface area contributed by atoms with Crippen LogP contribution in [0.5, 0.6) is 0 Å². The number of amides is 1. The Bertz CT molecular complexity index is 547. The van der Waals surface area contributed by atoms with Crippen molar-refractivity contribution in [3.05, 3.63) is 11.4 Å². The zero-order valence-electron chi connectivity index (χ0n) is 14.4. The number of likely N-dealkylation sites (N-methyl/N-ethyl adjacent to an activating group) is 1. The molecule has 1 atom stereocenters. The first-order valence-corrected chi connectivity index (χ1v) is 8.70. The predicted molar refractivity (Wildman–Crippen MR) is 88.5 cm³/mol. The molecule has 1 aliphatic carbocycles. The number of piperidine rings is 1. The fourth-order valence-corrected chi connectivity index (χ4v) is 3.26. The van der Waals surface area contributed by atoms with E-state index in [-0.39, 0.29) is 5.91 Å². The number of carbonyl (C=O) groups is 1. The number of carbonyl (C=O) groups excluding carboxylic acids is 1. The summed E-state index contributed by atoms with van der Waals surface area (Å²) in [4.78, 5) is 14.8. The van der Waals surface area contributed by atoms with Crippen LogP contribution < -0.4 is 10.6 Å². The molecular weight excluding hydrogens is 292 g/mol. The predicted octanol–water partition coefficient (Wildman–Crippen LogP) is 0.724. The second-order valence-corrected chi connectivity index (χ2v) is 6.90. The van der Waals surface area contributed by atoms with Gasteiger partial charge in [-0.25, -0.2) is 4.68 Å². The van der Waals surface area contributed by atoms with Gasteiger partial charge in [-0.1, -0.05) is 5.21 Å². The molecule has 1 unspecified atom stereocenters. The van der Waals surface area contributed by atoms with Gasteiger partial charge in [-0.05, 0) is 59.7 Å². The van der Waals surface area contributed by atoms with Gasteiger partial charge in [0.25, 0.3) is 5.91 Å². The van der Waals surface area contributed by atoms with Crippen LogP contribution in [0.3, 0.4) is 0 Å². The molecule has 0 radical (unpaired) electrons. The maximum Gasteiger partial charge on any atom is 0.273 e. The molecule has 2 aliphatic rings. The van der Waals surface area contributed by atoms with Crippen molar-refractivity contribution < 1.29 is 4.79 Å². The molecule has 1 saturated heterocycles. The van der Waals surface area contributed by atoms with Crippen molar-refractivity contribution in [3.8, 4) is 0 Å². The number of nitrogens with zero attached hydrogens (tertiary/aromatic N) is 4. The van der Waals surface area contributed by atoms with Crippen LogP contribution in [0.4, 0.5) is 0 Å². The molecule has 7 nitrogen and oxygen atoms in total. The summed E-state index contributed by atoms with van der Waals surface area (Å²) in [7, 11) is 2.13. The molecule has 3 rings (SSSR count). The lowest BCUT2D eigenvalue weighted by Crippen LogP contribution is -2.41. The van der Waals surface area contributed by atoms with Gasteiger partial charge >= 0.3 is 0 Å². The zero-order valence-corrected chi connectivity index (χ0v) is 14.4. The van der Waals surface area contributed by atoms with Crippen molar-refractivity contribution in [1.82, 2.24) is 30.5 Å². The highest BCUT2D eigenvalue weighted by molar-refractivity contribution is 5.93. The number of nitrogens with one attached hydrogen (secondary N) is 2. The molecule has 2 heterocycles. The van der Waals surface area contributed by atoms with Gasteiger partial charge in [0, 0.05) is 18.6 Å². The maximum atomic E-state index is 12.4. The van der Waals surface area contributed by atoms with Gasteiger partial charge in [0.15, 0.2) is 5.69 Å². The van der Waals surface area contributed by atoms with Crippen LogP contribution in [0.2, 0.25) is 0 Å². The van der Waals surface area contributed by atoms with Crippen molar-refractivity contribution in [2.24, 2.45) is 0 Å². The Kier molecular flexibility index (Phi) is 4.96. The van der Waals surface area contributed by atoms with E-state index in [1.807, 2.05) is 11.6 Å². The Morgan fingerprint density at radius 2 is 2.09 bits per heavy atom. The Balaban J connectivity index is 1.57. The van der Waals surface area contributed by atoms with Gasteiger partial charge in [0.05, 0.1) is 11.7 Å². The highest BCUT2D eigenvalue weighted by Crippen LogP contribution is 2.26. The van der Waals surface area contributed by atoms with E-state index in [1.165, 1.54) is 12.8 Å². The Hall–Kier alpha value is -1.47. The first-order valence-electron chi connectivity index (χ1n) is 8.70. The summed E-state index contributed by atoms with van der Waals surface area (Å²) in [6, 6.07) is 1.39. The van der Waals surface area contributed by atoms with Crippen LogP contribution in [0.25, 0.3) is 0 Å². The van der Waals surface area contributed by atoms with Gasteiger partial charge in [-0.15, -0.1) is 5.10 Å². The normalized spacial score (nSPS) is 20.7. The second kappa shape index (κ2) is 6.97. The Labute approximate surface area is 137 Å². The second-order valence-electron chi connectivity index (χ2n) is 6.90. The molecule has 2 fully saturated rings. The van der Waals surface area contributed by atoms with Crippen LogP contribution >= 0.6 is 0 Å². The molecule has 1 amide bonds. The van der Waals surface area contributed by atoms with Gasteiger partial charge < -0.3 is 10.6 Å². The minimum absolute atomic E-state index is 0.112. The Morgan fingerprint density at radius 3 is 2.74 bits per heavy atom. The van der Waals surface area contributed by atoms with Crippen LogP contribution in [0.1, 0.15) is 54.8 Å². The SMILES string of the molecule is Cc1c(C(=O)NCC(C)N(C)C2CC2)nnn1C1CCNCC1. The molecule has 2 N–H and O–H groups in total. The molecule has 0 aromatic carbocycles. The van der Waals surface area contributed by atoms with Gasteiger partial charge in [-0.3, -0.25) is 9.69 Å². The Morgan fingerprint density at radius 1 is 1.39 bits per heavy atom. The fraction of sp³-hybridized carbons (Fsp3) is 0.812. The van der Waals surface area contributed by atoms with E-state index in [0.717, 1.165) is 31.6 Å². The highest BCUT2D eigenvalue weighted by atomic mass is 16.2. The van der Waals surface area contributed by atoms with E-state index in [0.29, 0.717) is 30.4 Å². The van der Waals surface area contributed by atoms with Crippen LogP contribution in [0, 0.1) is 6.92 Å². The molecule has 23 heavy (non-hydrogen) atoms. The maximum absolute atomic E-state index is 12.4. The van der Waals surface area contributed by atoms with Crippen molar-refractivity contribution >= 4 is 5.91 Å². The third-order valence-electron chi connectivity index (χ3n) is 5.17. The number of rotatable bonds is 6. The van der Waals surface area contributed by atoms with E-state index >= 15 is 0 Å². The van der Waals surface area contributed by atoms with Crippen LogP contribution in [-0.2, 0) is 0 Å². The van der Waals surface area contributed by atoms with Crippen molar-refractivity contribution in [1.29, 1.82) is 0 Å². The number of hydrogen-bond donors (Lipinski definition) is 2. The lowest BCUT2D eigenvalue weighted by Gasteiger charge is -2.24. The minimum Gasteiger partial charge on any atom is -0.349 e. The monoisotopic (exact) mass is 320 g/mol. The number of aromatic nitrogens is 3. The van der Waals surface area contributed by atoms with Gasteiger partial charge in [-0.2, -0.15) is 0 Å². The zero-order chi connectivity index (χ0) is 16.4. The van der Waals surface area contributed by atoms with Crippen molar-refractivity contribution in [2.45, 2.75) is 57.7 Å². The van der Waals surface area contributed by atoms with E-state index in [9.17, 15) is 4.79 Å². The summed E-state index contributed by atoms with van der Waals surface area (Å²) in [5.74, 6) is -0.112. The van der Waals surface area contributed by atoms with Crippen molar-refractivity contribution in [3.63, 3.8) is 0 Å². The number of hydrogen-bond acceptors (Lipinski definition) is 5. The lowest BCUT2D eigenvalue weighted by molar-refractivity contribution is 0.0933.